The fraction of sp³-hybridized carbons (Fsp3) is 0.0476. The Kier molecular flexibility index (Phi) is 5.75. The minimum absolute atomic E-state index is 0.0724. The summed E-state index contributed by atoms with van der Waals surface area (Å²) < 4.78 is 8.54. The molecule has 0 fully saturated rings. The molecule has 1 amide bonds. The number of benzene rings is 3. The van der Waals surface area contributed by atoms with Crippen LogP contribution in [0.3, 0.4) is 0 Å². The van der Waals surface area contributed by atoms with E-state index in [1.54, 1.807) is 11.3 Å². The number of thiazole rings is 1. The molecule has 4 nitrogen and oxygen atoms in total. The second-order valence-corrected chi connectivity index (χ2v) is 8.83. The fourth-order valence-corrected chi connectivity index (χ4v) is 4.28. The first kappa shape index (κ1) is 19.1. The van der Waals surface area contributed by atoms with Gasteiger partial charge >= 0.3 is 0 Å². The number of carbonyl (C=O) groups excluding carboxylic acids is 1. The van der Waals surface area contributed by atoms with Gasteiger partial charge in [0.15, 0.2) is 6.61 Å². The molecule has 0 aliphatic rings. The summed E-state index contributed by atoms with van der Waals surface area (Å²) in [6.45, 7) is -0.0724. The molecule has 4 aromatic rings. The van der Waals surface area contributed by atoms with Gasteiger partial charge in [0.05, 0.1) is 15.9 Å². The Morgan fingerprint density at radius 2 is 1.75 bits per heavy atom. The second-order valence-electron chi connectivity index (χ2n) is 5.97. The van der Waals surface area contributed by atoms with Gasteiger partial charge in [-0.05, 0) is 54.6 Å². The quantitative estimate of drug-likeness (QED) is 0.328. The van der Waals surface area contributed by atoms with Crippen molar-refractivity contribution in [3.8, 4) is 16.3 Å². The maximum Gasteiger partial charge on any atom is 0.262 e. The number of carbonyl (C=O) groups is 1. The van der Waals surface area contributed by atoms with Crippen molar-refractivity contribution in [2.24, 2.45) is 0 Å². The molecule has 0 unspecified atom stereocenters. The van der Waals surface area contributed by atoms with Crippen LogP contribution in [0.2, 0.25) is 0 Å². The fourth-order valence-electron chi connectivity index (χ4n) is 2.66. The van der Waals surface area contributed by atoms with Crippen molar-refractivity contribution in [1.29, 1.82) is 0 Å². The zero-order valence-electron chi connectivity index (χ0n) is 14.5. The molecule has 1 heterocycles. The van der Waals surface area contributed by atoms with E-state index in [4.69, 9.17) is 9.72 Å². The molecule has 28 heavy (non-hydrogen) atoms. The van der Waals surface area contributed by atoms with E-state index >= 15 is 0 Å². The Balaban J connectivity index is 1.54. The van der Waals surface area contributed by atoms with Gasteiger partial charge in [0, 0.05) is 14.5 Å². The van der Waals surface area contributed by atoms with Crippen molar-refractivity contribution in [2.75, 3.05) is 11.9 Å². The van der Waals surface area contributed by atoms with E-state index in [1.807, 2.05) is 66.7 Å². The maximum atomic E-state index is 12.4. The van der Waals surface area contributed by atoms with Crippen LogP contribution < -0.4 is 10.1 Å². The SMILES string of the molecule is O=C(COc1ccc(Br)cc1)Nc1ccc(Br)cc1-c1nc2ccccc2s1. The number of fused-ring (bicyclic) bond motifs is 1. The number of rotatable bonds is 5. The molecular weight excluding hydrogens is 504 g/mol. The molecular formula is C21H14Br2N2O2S. The molecule has 0 aliphatic carbocycles. The average molecular weight is 518 g/mol. The monoisotopic (exact) mass is 516 g/mol. The molecule has 4 rings (SSSR count). The molecule has 0 aliphatic heterocycles. The Morgan fingerprint density at radius 1 is 1.00 bits per heavy atom. The number of nitrogens with one attached hydrogen (secondary N) is 1. The number of hydrogen-bond acceptors (Lipinski definition) is 4. The predicted molar refractivity (Wildman–Crippen MR) is 121 cm³/mol. The highest BCUT2D eigenvalue weighted by Crippen LogP contribution is 2.36. The van der Waals surface area contributed by atoms with Crippen molar-refractivity contribution in [3.05, 3.63) is 75.7 Å². The second kappa shape index (κ2) is 8.43. The van der Waals surface area contributed by atoms with Gasteiger partial charge in [-0.15, -0.1) is 11.3 Å². The first-order chi connectivity index (χ1) is 13.6. The third-order valence-electron chi connectivity index (χ3n) is 3.96. The number of halogens is 2. The zero-order valence-corrected chi connectivity index (χ0v) is 18.5. The summed E-state index contributed by atoms with van der Waals surface area (Å²) in [7, 11) is 0. The van der Waals surface area contributed by atoms with Crippen LogP contribution in [0.15, 0.2) is 75.7 Å². The number of anilines is 1. The highest BCUT2D eigenvalue weighted by Gasteiger charge is 2.14. The van der Waals surface area contributed by atoms with Gasteiger partial charge < -0.3 is 10.1 Å². The summed E-state index contributed by atoms with van der Waals surface area (Å²) in [6.07, 6.45) is 0. The molecule has 0 saturated carbocycles. The lowest BCUT2D eigenvalue weighted by Gasteiger charge is -2.11. The molecule has 0 radical (unpaired) electrons. The highest BCUT2D eigenvalue weighted by molar-refractivity contribution is 9.10. The van der Waals surface area contributed by atoms with Crippen molar-refractivity contribution in [1.82, 2.24) is 4.98 Å². The van der Waals surface area contributed by atoms with Crippen molar-refractivity contribution >= 4 is 65.0 Å². The number of hydrogen-bond donors (Lipinski definition) is 1. The first-order valence-electron chi connectivity index (χ1n) is 8.42. The number of aromatic nitrogens is 1. The predicted octanol–water partition coefficient (Wildman–Crippen LogP) is 6.51. The molecule has 0 spiro atoms. The molecule has 7 heteroatoms. The molecule has 3 aromatic carbocycles. The molecule has 140 valence electrons. The largest absolute Gasteiger partial charge is 0.484 e. The number of ether oxygens (including phenoxy) is 1. The topological polar surface area (TPSA) is 51.2 Å². The van der Waals surface area contributed by atoms with Gasteiger partial charge in [0.1, 0.15) is 10.8 Å². The first-order valence-corrected chi connectivity index (χ1v) is 10.8. The summed E-state index contributed by atoms with van der Waals surface area (Å²) in [5.41, 5.74) is 2.51. The number of nitrogens with zero attached hydrogens (tertiary/aromatic N) is 1. The summed E-state index contributed by atoms with van der Waals surface area (Å²) in [5, 5.41) is 3.79. The minimum atomic E-state index is -0.229. The Hall–Kier alpha value is -2.22. The lowest BCUT2D eigenvalue weighted by molar-refractivity contribution is -0.118. The Morgan fingerprint density at radius 3 is 2.54 bits per heavy atom. The summed E-state index contributed by atoms with van der Waals surface area (Å²) in [4.78, 5) is 17.1. The van der Waals surface area contributed by atoms with Crippen LogP contribution in [0, 0.1) is 0 Å². The summed E-state index contributed by atoms with van der Waals surface area (Å²) in [5.74, 6) is 0.410. The molecule has 0 saturated heterocycles. The van der Waals surface area contributed by atoms with E-state index in [0.717, 1.165) is 29.7 Å². The summed E-state index contributed by atoms with van der Waals surface area (Å²) in [6, 6.07) is 21.1. The molecule has 0 bridgehead atoms. The van der Waals surface area contributed by atoms with Crippen LogP contribution in [0.4, 0.5) is 5.69 Å². The normalized spacial score (nSPS) is 10.8. The van der Waals surface area contributed by atoms with Gasteiger partial charge in [0.25, 0.3) is 5.91 Å². The standard InChI is InChI=1S/C21H14Br2N2O2S/c22-13-5-8-15(9-6-13)27-12-20(26)24-17-10-7-14(23)11-16(17)21-25-18-3-1-2-4-19(18)28-21/h1-11H,12H2,(H,24,26). The lowest BCUT2D eigenvalue weighted by Crippen LogP contribution is -2.20. The van der Waals surface area contributed by atoms with Crippen molar-refractivity contribution in [3.63, 3.8) is 0 Å². The van der Waals surface area contributed by atoms with Crippen LogP contribution in [0.25, 0.3) is 20.8 Å². The van der Waals surface area contributed by atoms with Gasteiger partial charge in [-0.25, -0.2) is 4.98 Å². The van der Waals surface area contributed by atoms with E-state index in [9.17, 15) is 4.79 Å². The number of para-hydroxylation sites is 1. The Labute approximate surface area is 182 Å². The van der Waals surface area contributed by atoms with Crippen molar-refractivity contribution in [2.45, 2.75) is 0 Å². The number of amides is 1. The van der Waals surface area contributed by atoms with Gasteiger partial charge in [-0.1, -0.05) is 44.0 Å². The van der Waals surface area contributed by atoms with E-state index in [-0.39, 0.29) is 12.5 Å². The third kappa shape index (κ3) is 4.43. The Bertz CT molecular complexity index is 1110. The minimum Gasteiger partial charge on any atom is -0.484 e. The van der Waals surface area contributed by atoms with Crippen LogP contribution in [-0.4, -0.2) is 17.5 Å². The van der Waals surface area contributed by atoms with E-state index in [0.29, 0.717) is 11.4 Å². The van der Waals surface area contributed by atoms with Crippen LogP contribution in [-0.2, 0) is 4.79 Å². The average Bonchev–Trinajstić information content (AvgIpc) is 3.13. The van der Waals surface area contributed by atoms with Crippen LogP contribution in [0.5, 0.6) is 5.75 Å². The van der Waals surface area contributed by atoms with Gasteiger partial charge in [-0.3, -0.25) is 4.79 Å². The van der Waals surface area contributed by atoms with E-state index < -0.39 is 0 Å². The molecule has 0 atom stereocenters. The summed E-state index contributed by atoms with van der Waals surface area (Å²) >= 11 is 8.47. The van der Waals surface area contributed by atoms with Gasteiger partial charge in [0.2, 0.25) is 0 Å². The molecule has 1 N–H and O–H groups in total. The lowest BCUT2D eigenvalue weighted by atomic mass is 10.2. The molecule has 1 aromatic heterocycles. The van der Waals surface area contributed by atoms with Crippen LogP contribution in [0.1, 0.15) is 0 Å². The highest BCUT2D eigenvalue weighted by atomic mass is 79.9. The van der Waals surface area contributed by atoms with E-state index in [1.165, 1.54) is 0 Å². The van der Waals surface area contributed by atoms with Crippen LogP contribution >= 0.6 is 43.2 Å². The van der Waals surface area contributed by atoms with Crippen molar-refractivity contribution < 1.29 is 9.53 Å². The smallest absolute Gasteiger partial charge is 0.262 e. The maximum absolute atomic E-state index is 12.4. The van der Waals surface area contributed by atoms with Gasteiger partial charge in [-0.2, -0.15) is 0 Å². The zero-order chi connectivity index (χ0) is 19.5. The third-order valence-corrected chi connectivity index (χ3v) is 6.06. The van der Waals surface area contributed by atoms with E-state index in [2.05, 4.69) is 37.2 Å².